The summed E-state index contributed by atoms with van der Waals surface area (Å²) in [6.07, 6.45) is 1.48. The first-order valence-electron chi connectivity index (χ1n) is 8.90. The van der Waals surface area contributed by atoms with Crippen molar-refractivity contribution < 1.29 is 19.2 Å². The highest BCUT2D eigenvalue weighted by Gasteiger charge is 2.37. The van der Waals surface area contributed by atoms with Crippen LogP contribution >= 0.6 is 11.6 Å². The Kier molecular flexibility index (Phi) is 6.16. The molecule has 1 aliphatic heterocycles. The van der Waals surface area contributed by atoms with Crippen LogP contribution in [-0.4, -0.2) is 37.7 Å². The number of rotatable bonds is 6. The molecule has 1 saturated heterocycles. The first kappa shape index (κ1) is 20.1. The predicted molar refractivity (Wildman–Crippen MR) is 105 cm³/mol. The second-order valence-corrected chi connectivity index (χ2v) is 7.10. The summed E-state index contributed by atoms with van der Waals surface area (Å²) in [6.45, 7) is 1.56. The first-order valence-corrected chi connectivity index (χ1v) is 9.28. The van der Waals surface area contributed by atoms with Crippen LogP contribution in [0.4, 0.5) is 5.69 Å². The third-order valence-corrected chi connectivity index (χ3v) is 5.44. The van der Waals surface area contributed by atoms with Crippen LogP contribution in [0.2, 0.25) is 5.02 Å². The Morgan fingerprint density at radius 3 is 2.64 bits per heavy atom. The number of nitrogens with zero attached hydrogens (tertiary/aromatic N) is 1. The number of ether oxygens (including phenoxy) is 2. The van der Waals surface area contributed by atoms with Crippen molar-refractivity contribution in [3.63, 3.8) is 0 Å². The number of nitro groups is 1. The number of benzene rings is 2. The van der Waals surface area contributed by atoms with Crippen LogP contribution in [0.1, 0.15) is 28.8 Å². The zero-order chi connectivity index (χ0) is 20.1. The first-order chi connectivity index (χ1) is 13.5. The number of carbonyl (C=O) groups is 1. The molecular formula is C20H21ClN2O5. The van der Waals surface area contributed by atoms with E-state index in [0.717, 1.165) is 24.2 Å². The van der Waals surface area contributed by atoms with Gasteiger partial charge in [-0.3, -0.25) is 14.9 Å². The minimum Gasteiger partial charge on any atom is -0.496 e. The normalized spacial score (nSPS) is 15.6. The van der Waals surface area contributed by atoms with Crippen LogP contribution in [0.5, 0.6) is 5.75 Å². The monoisotopic (exact) mass is 404 g/mol. The topological polar surface area (TPSA) is 90.7 Å². The van der Waals surface area contributed by atoms with E-state index in [9.17, 15) is 14.9 Å². The molecule has 8 heteroatoms. The number of nitro benzene ring substituents is 1. The number of hydrogen-bond donors (Lipinski definition) is 1. The van der Waals surface area contributed by atoms with Gasteiger partial charge in [-0.25, -0.2) is 0 Å². The lowest BCUT2D eigenvalue weighted by atomic mass is 9.73. The minimum absolute atomic E-state index is 0.0463. The van der Waals surface area contributed by atoms with Gasteiger partial charge < -0.3 is 14.8 Å². The minimum atomic E-state index is -0.549. The van der Waals surface area contributed by atoms with E-state index >= 15 is 0 Å². The average Bonchev–Trinajstić information content (AvgIpc) is 2.72. The fraction of sp³-hybridized carbons (Fsp3) is 0.350. The maximum Gasteiger partial charge on any atom is 0.270 e. The molecule has 0 atom stereocenters. The Morgan fingerprint density at radius 1 is 1.29 bits per heavy atom. The summed E-state index contributed by atoms with van der Waals surface area (Å²) < 4.78 is 11.1. The number of methoxy groups -OCH3 is 1. The Labute approximate surface area is 167 Å². The Morgan fingerprint density at radius 2 is 2.00 bits per heavy atom. The van der Waals surface area contributed by atoms with Crippen molar-refractivity contribution in [2.45, 2.75) is 18.3 Å². The van der Waals surface area contributed by atoms with Gasteiger partial charge in [-0.15, -0.1) is 0 Å². The molecule has 0 aliphatic carbocycles. The lowest BCUT2D eigenvalue weighted by molar-refractivity contribution is -0.384. The molecule has 28 heavy (non-hydrogen) atoms. The van der Waals surface area contributed by atoms with E-state index in [2.05, 4.69) is 5.32 Å². The lowest BCUT2D eigenvalue weighted by Gasteiger charge is -2.38. The number of amides is 1. The average molecular weight is 405 g/mol. The Bertz CT molecular complexity index is 881. The molecule has 2 aromatic rings. The molecular weight excluding hydrogens is 384 g/mol. The van der Waals surface area contributed by atoms with Gasteiger partial charge in [0.2, 0.25) is 0 Å². The summed E-state index contributed by atoms with van der Waals surface area (Å²) in [4.78, 5) is 23.0. The van der Waals surface area contributed by atoms with Gasteiger partial charge in [-0.05, 0) is 25.0 Å². The summed E-state index contributed by atoms with van der Waals surface area (Å²) in [7, 11) is 1.63. The van der Waals surface area contributed by atoms with Crippen molar-refractivity contribution in [2.24, 2.45) is 0 Å². The van der Waals surface area contributed by atoms with Crippen molar-refractivity contribution in [2.75, 3.05) is 26.9 Å². The largest absolute Gasteiger partial charge is 0.496 e. The lowest BCUT2D eigenvalue weighted by Crippen LogP contribution is -2.44. The van der Waals surface area contributed by atoms with E-state index in [1.807, 2.05) is 24.3 Å². The van der Waals surface area contributed by atoms with Gasteiger partial charge in [-0.2, -0.15) is 0 Å². The predicted octanol–water partition coefficient (Wildman–Crippen LogP) is 3.74. The summed E-state index contributed by atoms with van der Waals surface area (Å²) in [5.41, 5.74) is 0.746. The van der Waals surface area contributed by atoms with Crippen LogP contribution < -0.4 is 10.1 Å². The molecule has 0 unspecified atom stereocenters. The molecule has 0 bridgehead atoms. The third-order valence-electron chi connectivity index (χ3n) is 5.12. The van der Waals surface area contributed by atoms with Gasteiger partial charge in [0, 0.05) is 42.9 Å². The van der Waals surface area contributed by atoms with Crippen LogP contribution in [0.25, 0.3) is 0 Å². The number of halogens is 1. The molecule has 3 rings (SSSR count). The Hall–Kier alpha value is -2.64. The molecule has 0 aromatic heterocycles. The molecule has 0 spiro atoms. The smallest absolute Gasteiger partial charge is 0.270 e. The van der Waals surface area contributed by atoms with Crippen LogP contribution in [-0.2, 0) is 10.2 Å². The number of carbonyl (C=O) groups excluding carboxylic acids is 1. The van der Waals surface area contributed by atoms with Gasteiger partial charge in [-0.1, -0.05) is 29.8 Å². The van der Waals surface area contributed by atoms with Crippen molar-refractivity contribution in [1.82, 2.24) is 5.32 Å². The molecule has 0 saturated carbocycles. The highest BCUT2D eigenvalue weighted by molar-refractivity contribution is 6.34. The number of para-hydroxylation sites is 1. The molecule has 0 radical (unpaired) electrons. The third kappa shape index (κ3) is 4.10. The standard InChI is InChI=1S/C20H21ClN2O5/c1-27-18-5-3-2-4-16(18)20(8-10-28-11-9-20)13-22-19(24)15-7-6-14(23(25)26)12-17(15)21/h2-7,12H,8-11,13H2,1H3,(H,22,24). The molecule has 1 heterocycles. The molecule has 1 N–H and O–H groups in total. The van der Waals surface area contributed by atoms with Gasteiger partial charge in [0.05, 0.1) is 22.6 Å². The fourth-order valence-electron chi connectivity index (χ4n) is 3.53. The number of nitrogens with one attached hydrogen (secondary N) is 1. The maximum absolute atomic E-state index is 12.7. The fourth-order valence-corrected chi connectivity index (χ4v) is 3.79. The van der Waals surface area contributed by atoms with E-state index in [0.29, 0.717) is 19.8 Å². The molecule has 1 aliphatic rings. The van der Waals surface area contributed by atoms with Crippen LogP contribution in [0, 0.1) is 10.1 Å². The van der Waals surface area contributed by atoms with E-state index in [1.54, 1.807) is 7.11 Å². The number of hydrogen-bond acceptors (Lipinski definition) is 5. The summed E-state index contributed by atoms with van der Waals surface area (Å²) in [5.74, 6) is 0.396. The van der Waals surface area contributed by atoms with Gasteiger partial charge >= 0.3 is 0 Å². The van der Waals surface area contributed by atoms with Gasteiger partial charge in [0.25, 0.3) is 11.6 Å². The maximum atomic E-state index is 12.7. The highest BCUT2D eigenvalue weighted by Crippen LogP contribution is 2.39. The van der Waals surface area contributed by atoms with Crippen molar-refractivity contribution in [3.05, 3.63) is 68.7 Å². The van der Waals surface area contributed by atoms with E-state index < -0.39 is 4.92 Å². The number of non-ortho nitro benzene ring substituents is 1. The zero-order valence-corrected chi connectivity index (χ0v) is 16.2. The van der Waals surface area contributed by atoms with E-state index in [4.69, 9.17) is 21.1 Å². The second kappa shape index (κ2) is 8.58. The zero-order valence-electron chi connectivity index (χ0n) is 15.4. The van der Waals surface area contributed by atoms with Crippen molar-refractivity contribution in [3.8, 4) is 5.75 Å². The second-order valence-electron chi connectivity index (χ2n) is 6.70. The molecule has 2 aromatic carbocycles. The molecule has 148 valence electrons. The molecule has 1 amide bonds. The van der Waals surface area contributed by atoms with Gasteiger partial charge in [0.1, 0.15) is 5.75 Å². The Balaban J connectivity index is 1.83. The summed E-state index contributed by atoms with van der Waals surface area (Å²) >= 11 is 6.08. The SMILES string of the molecule is COc1ccccc1C1(CNC(=O)c2ccc([N+](=O)[O-])cc2Cl)CCOCC1. The molecule has 1 fully saturated rings. The van der Waals surface area contributed by atoms with E-state index in [-0.39, 0.29) is 27.6 Å². The summed E-state index contributed by atoms with van der Waals surface area (Å²) in [5, 5.41) is 13.8. The van der Waals surface area contributed by atoms with E-state index in [1.165, 1.54) is 18.2 Å². The van der Waals surface area contributed by atoms with Crippen LogP contribution in [0.15, 0.2) is 42.5 Å². The van der Waals surface area contributed by atoms with Crippen molar-refractivity contribution >= 4 is 23.2 Å². The van der Waals surface area contributed by atoms with Gasteiger partial charge in [0.15, 0.2) is 0 Å². The van der Waals surface area contributed by atoms with Crippen molar-refractivity contribution in [1.29, 1.82) is 0 Å². The molecule has 7 nitrogen and oxygen atoms in total. The summed E-state index contributed by atoms with van der Waals surface area (Å²) in [6, 6.07) is 11.6. The van der Waals surface area contributed by atoms with Crippen LogP contribution in [0.3, 0.4) is 0 Å². The highest BCUT2D eigenvalue weighted by atomic mass is 35.5. The quantitative estimate of drug-likeness (QED) is 0.585.